The van der Waals surface area contributed by atoms with Gasteiger partial charge in [-0.1, -0.05) is 34.3 Å². The maximum absolute atomic E-state index is 13.4. The van der Waals surface area contributed by atoms with Gasteiger partial charge in [0, 0.05) is 34.1 Å². The van der Waals surface area contributed by atoms with Gasteiger partial charge in [0.1, 0.15) is 17.5 Å². The zero-order valence-electron chi connectivity index (χ0n) is 21.0. The van der Waals surface area contributed by atoms with E-state index >= 15 is 0 Å². The molecule has 2 saturated carbocycles. The largest absolute Gasteiger partial charge is 0.472 e. The predicted octanol–water partition coefficient (Wildman–Crippen LogP) is 3.53. The molecular formula is C27H34O8. The molecule has 8 nitrogen and oxygen atoms in total. The molecule has 2 aliphatic heterocycles. The summed E-state index contributed by atoms with van der Waals surface area (Å²) in [4.78, 5) is 39.0. The lowest BCUT2D eigenvalue weighted by molar-refractivity contribution is -0.303. The summed E-state index contributed by atoms with van der Waals surface area (Å²) in [6, 6.07) is 1.79. The van der Waals surface area contributed by atoms with E-state index in [-0.39, 0.29) is 24.5 Å². The molecule has 0 amide bonds. The number of esters is 2. The highest BCUT2D eigenvalue weighted by molar-refractivity contribution is 5.88. The van der Waals surface area contributed by atoms with Gasteiger partial charge in [-0.2, -0.15) is 0 Å². The van der Waals surface area contributed by atoms with Gasteiger partial charge in [0.05, 0.1) is 32.2 Å². The molecule has 35 heavy (non-hydrogen) atoms. The fourth-order valence-electron chi connectivity index (χ4n) is 8.08. The molecule has 2 saturated heterocycles. The molecule has 3 heterocycles. The van der Waals surface area contributed by atoms with E-state index in [0.717, 1.165) is 11.1 Å². The first-order chi connectivity index (χ1) is 16.3. The van der Waals surface area contributed by atoms with Crippen molar-refractivity contribution in [1.29, 1.82) is 0 Å². The first kappa shape index (κ1) is 24.3. The van der Waals surface area contributed by atoms with E-state index in [1.165, 1.54) is 7.11 Å². The van der Waals surface area contributed by atoms with Gasteiger partial charge in [0.25, 0.3) is 0 Å². The Morgan fingerprint density at radius 2 is 1.97 bits per heavy atom. The number of carbonyl (C=O) groups is 3. The van der Waals surface area contributed by atoms with Crippen LogP contribution in [-0.4, -0.2) is 47.7 Å². The summed E-state index contributed by atoms with van der Waals surface area (Å²) in [7, 11) is 1.23. The van der Waals surface area contributed by atoms with Crippen molar-refractivity contribution >= 4 is 17.7 Å². The minimum Gasteiger partial charge on any atom is -0.472 e. The highest BCUT2D eigenvalue weighted by Gasteiger charge is 2.74. The highest BCUT2D eigenvalue weighted by Crippen LogP contribution is 2.71. The number of cyclic esters (lactones) is 1. The summed E-state index contributed by atoms with van der Waals surface area (Å²) in [5.41, 5.74) is -1.92. The maximum atomic E-state index is 13.4. The average molecular weight is 487 g/mol. The number of Topliss-reactive ketones (excluding diaryl/α,β-unsaturated/α-hetero) is 1. The van der Waals surface area contributed by atoms with Gasteiger partial charge in [0.2, 0.25) is 0 Å². The summed E-state index contributed by atoms with van der Waals surface area (Å²) < 4.78 is 23.0. The van der Waals surface area contributed by atoms with E-state index < -0.39 is 58.0 Å². The quantitative estimate of drug-likeness (QED) is 0.510. The molecule has 0 aromatic carbocycles. The minimum atomic E-state index is -1.50. The van der Waals surface area contributed by atoms with Gasteiger partial charge in [0.15, 0.2) is 6.10 Å². The summed E-state index contributed by atoms with van der Waals surface area (Å²) >= 11 is 0. The second kappa shape index (κ2) is 7.53. The van der Waals surface area contributed by atoms with E-state index in [4.69, 9.17) is 18.6 Å². The van der Waals surface area contributed by atoms with Crippen molar-refractivity contribution in [2.24, 2.45) is 28.1 Å². The summed E-state index contributed by atoms with van der Waals surface area (Å²) in [5.74, 6) is -2.20. The molecule has 2 aliphatic carbocycles. The molecule has 0 radical (unpaired) electrons. The fourth-order valence-corrected chi connectivity index (χ4v) is 8.08. The van der Waals surface area contributed by atoms with Crippen molar-refractivity contribution in [1.82, 2.24) is 0 Å². The van der Waals surface area contributed by atoms with Crippen LogP contribution >= 0.6 is 0 Å². The highest BCUT2D eigenvalue weighted by atomic mass is 16.6. The second-order valence-corrected chi connectivity index (χ2v) is 11.7. The fraction of sp³-hybridized carbons (Fsp3) is 0.667. The SMILES string of the molecule is C=C1C2CC[C@@]3(C)[C@H](c4ccoc4)OC(=O)C[C@]13OC1CC(=O)C(C)(C)[C@H](C(O)C(=O)OC)[C@]12C. The van der Waals surface area contributed by atoms with Gasteiger partial charge < -0.3 is 23.7 Å². The molecule has 1 aromatic rings. The second-order valence-electron chi connectivity index (χ2n) is 11.7. The van der Waals surface area contributed by atoms with Crippen LogP contribution in [0.1, 0.15) is 65.0 Å². The number of ether oxygens (including phenoxy) is 3. The van der Waals surface area contributed by atoms with Crippen molar-refractivity contribution in [3.05, 3.63) is 36.3 Å². The molecule has 1 spiro atoms. The third kappa shape index (κ3) is 2.90. The maximum Gasteiger partial charge on any atom is 0.335 e. The lowest BCUT2D eigenvalue weighted by atomic mass is 9.41. The number of rotatable bonds is 3. The number of aliphatic hydroxyl groups is 1. The Labute approximate surface area is 205 Å². The van der Waals surface area contributed by atoms with Crippen molar-refractivity contribution < 1.29 is 38.1 Å². The Morgan fingerprint density at radius 1 is 1.26 bits per heavy atom. The summed E-state index contributed by atoms with van der Waals surface area (Å²) in [5, 5.41) is 11.2. The van der Waals surface area contributed by atoms with Gasteiger partial charge in [-0.15, -0.1) is 0 Å². The van der Waals surface area contributed by atoms with Crippen LogP contribution in [0.4, 0.5) is 0 Å². The van der Waals surface area contributed by atoms with Crippen LogP contribution in [0.2, 0.25) is 0 Å². The summed E-state index contributed by atoms with van der Waals surface area (Å²) in [6.45, 7) is 12.1. The Bertz CT molecular complexity index is 1090. The van der Waals surface area contributed by atoms with Crippen LogP contribution in [-0.2, 0) is 28.6 Å². The lowest BCUT2D eigenvalue weighted by Crippen LogP contribution is -2.74. The lowest BCUT2D eigenvalue weighted by Gasteiger charge is -2.70. The number of hydrogen-bond donors (Lipinski definition) is 1. The normalized spacial score (nSPS) is 43.0. The molecule has 3 unspecified atom stereocenters. The van der Waals surface area contributed by atoms with Crippen LogP contribution < -0.4 is 0 Å². The Balaban J connectivity index is 1.65. The number of methoxy groups -OCH3 is 1. The number of carbonyl (C=O) groups excluding carboxylic acids is 3. The van der Waals surface area contributed by atoms with E-state index in [9.17, 15) is 19.5 Å². The molecular weight excluding hydrogens is 452 g/mol. The van der Waals surface area contributed by atoms with E-state index in [1.807, 2.05) is 6.92 Å². The third-order valence-electron chi connectivity index (χ3n) is 9.96. The standard InChI is InChI=1S/C27H34O8/c1-14-16-7-9-25(4)22(15-8-10-33-13-15)34-19(29)12-27(14,25)35-18-11-17(28)24(2,3)21(26(16,18)5)20(30)23(31)32-6/h8,10,13,16,18,20-22,30H,1,7,9,11-12H2,2-6H3/t16?,18?,20?,21-,22-,25-,26-,27-/m0/s1. The van der Waals surface area contributed by atoms with Gasteiger partial charge in [-0.25, -0.2) is 4.79 Å². The number of fused-ring (bicyclic) bond motifs is 3. The molecule has 4 fully saturated rings. The number of hydrogen-bond acceptors (Lipinski definition) is 8. The van der Waals surface area contributed by atoms with Gasteiger partial charge in [-0.05, 0) is 30.4 Å². The number of furan rings is 1. The average Bonchev–Trinajstić information content (AvgIpc) is 3.32. The molecule has 8 atom stereocenters. The zero-order valence-corrected chi connectivity index (χ0v) is 21.0. The molecule has 2 bridgehead atoms. The smallest absolute Gasteiger partial charge is 0.335 e. The van der Waals surface area contributed by atoms with Crippen LogP contribution in [0.15, 0.2) is 35.2 Å². The molecule has 190 valence electrons. The molecule has 1 N–H and O–H groups in total. The predicted molar refractivity (Wildman–Crippen MR) is 123 cm³/mol. The minimum absolute atomic E-state index is 0.00156. The van der Waals surface area contributed by atoms with Crippen LogP contribution in [0.25, 0.3) is 0 Å². The van der Waals surface area contributed by atoms with E-state index in [0.29, 0.717) is 12.8 Å². The Kier molecular flexibility index (Phi) is 5.22. The van der Waals surface area contributed by atoms with Crippen LogP contribution in [0.3, 0.4) is 0 Å². The first-order valence-corrected chi connectivity index (χ1v) is 12.2. The summed E-state index contributed by atoms with van der Waals surface area (Å²) in [6.07, 6.45) is 1.91. The van der Waals surface area contributed by atoms with Crippen LogP contribution in [0, 0.1) is 28.1 Å². The van der Waals surface area contributed by atoms with Crippen molar-refractivity contribution in [2.75, 3.05) is 7.11 Å². The number of ketones is 1. The Morgan fingerprint density at radius 3 is 2.60 bits per heavy atom. The molecule has 5 rings (SSSR count). The van der Waals surface area contributed by atoms with Crippen molar-refractivity contribution in [3.63, 3.8) is 0 Å². The van der Waals surface area contributed by atoms with E-state index in [2.05, 4.69) is 13.5 Å². The van der Waals surface area contributed by atoms with Crippen LogP contribution in [0.5, 0.6) is 0 Å². The zero-order chi connectivity index (χ0) is 25.6. The van der Waals surface area contributed by atoms with Crippen molar-refractivity contribution in [3.8, 4) is 0 Å². The molecule has 1 aromatic heterocycles. The third-order valence-corrected chi connectivity index (χ3v) is 9.96. The van der Waals surface area contributed by atoms with E-state index in [1.54, 1.807) is 32.4 Å². The molecule has 4 aliphatic rings. The monoisotopic (exact) mass is 486 g/mol. The van der Waals surface area contributed by atoms with Crippen molar-refractivity contribution in [2.45, 2.75) is 77.3 Å². The number of aliphatic hydroxyl groups excluding tert-OH is 1. The Hall–Kier alpha value is -2.45. The van der Waals surface area contributed by atoms with Gasteiger partial charge >= 0.3 is 11.9 Å². The topological polar surface area (TPSA) is 112 Å². The first-order valence-electron chi connectivity index (χ1n) is 12.2. The van der Waals surface area contributed by atoms with Gasteiger partial charge in [-0.3, -0.25) is 9.59 Å². The molecule has 8 heteroatoms.